The van der Waals surface area contributed by atoms with Crippen molar-refractivity contribution < 1.29 is 0 Å². The maximum absolute atomic E-state index is 6.22. The van der Waals surface area contributed by atoms with Gasteiger partial charge in [-0.2, -0.15) is 5.10 Å². The third-order valence-corrected chi connectivity index (χ3v) is 6.47. The summed E-state index contributed by atoms with van der Waals surface area (Å²) in [7, 11) is 0. The molecule has 1 saturated heterocycles. The minimum absolute atomic E-state index is 0.279. The minimum Gasteiger partial charge on any atom is -0.360 e. The van der Waals surface area contributed by atoms with Crippen molar-refractivity contribution in [1.82, 2.24) is 15.5 Å². The first-order valence-electron chi connectivity index (χ1n) is 9.18. The largest absolute Gasteiger partial charge is 0.360 e. The lowest BCUT2D eigenvalue weighted by Crippen LogP contribution is -2.46. The SMILES string of the molecule is S=C(Nc1cccc(Cl)c1Cl)NC1CCN(c2nncc3cc(Br)ccc23)CC1. The van der Waals surface area contributed by atoms with Crippen LogP contribution in [0, 0.1) is 0 Å². The predicted octanol–water partition coefficient (Wildman–Crippen LogP) is 5.65. The summed E-state index contributed by atoms with van der Waals surface area (Å²) in [4.78, 5) is 2.28. The molecule has 150 valence electrons. The summed E-state index contributed by atoms with van der Waals surface area (Å²) in [5, 5.41) is 18.8. The van der Waals surface area contributed by atoms with E-state index in [2.05, 4.69) is 53.8 Å². The van der Waals surface area contributed by atoms with E-state index in [9.17, 15) is 0 Å². The highest BCUT2D eigenvalue weighted by atomic mass is 79.9. The summed E-state index contributed by atoms with van der Waals surface area (Å²) < 4.78 is 1.03. The number of fused-ring (bicyclic) bond motifs is 1. The van der Waals surface area contributed by atoms with E-state index in [0.29, 0.717) is 20.8 Å². The fourth-order valence-electron chi connectivity index (χ4n) is 3.46. The second-order valence-corrected chi connectivity index (χ2v) is 8.97. The van der Waals surface area contributed by atoms with Crippen LogP contribution in [0.5, 0.6) is 0 Å². The molecule has 29 heavy (non-hydrogen) atoms. The van der Waals surface area contributed by atoms with Crippen molar-refractivity contribution in [3.8, 4) is 0 Å². The number of thiocarbonyl (C=S) groups is 1. The fourth-order valence-corrected chi connectivity index (χ4v) is 4.46. The van der Waals surface area contributed by atoms with Gasteiger partial charge in [-0.15, -0.1) is 5.10 Å². The van der Waals surface area contributed by atoms with E-state index in [1.807, 2.05) is 18.2 Å². The van der Waals surface area contributed by atoms with Gasteiger partial charge in [0.15, 0.2) is 10.9 Å². The van der Waals surface area contributed by atoms with Crippen LogP contribution in [0.3, 0.4) is 0 Å². The van der Waals surface area contributed by atoms with Gasteiger partial charge in [0.25, 0.3) is 0 Å². The lowest BCUT2D eigenvalue weighted by molar-refractivity contribution is 0.466. The lowest BCUT2D eigenvalue weighted by atomic mass is 10.0. The van der Waals surface area contributed by atoms with Crippen LogP contribution in [0.4, 0.5) is 11.5 Å². The number of halogens is 3. The molecule has 2 aromatic carbocycles. The average molecular weight is 511 g/mol. The first-order valence-corrected chi connectivity index (χ1v) is 11.1. The number of piperidine rings is 1. The van der Waals surface area contributed by atoms with Crippen LogP contribution in [0.25, 0.3) is 10.8 Å². The Morgan fingerprint density at radius 1 is 1.17 bits per heavy atom. The number of anilines is 2. The molecule has 1 aliphatic rings. The summed E-state index contributed by atoms with van der Waals surface area (Å²) in [5.41, 5.74) is 0.700. The zero-order valence-electron chi connectivity index (χ0n) is 15.3. The molecule has 3 aromatic rings. The number of nitrogens with zero attached hydrogens (tertiary/aromatic N) is 3. The van der Waals surface area contributed by atoms with Crippen LogP contribution in [-0.4, -0.2) is 34.4 Å². The molecule has 0 spiro atoms. The van der Waals surface area contributed by atoms with Gasteiger partial charge in [0.2, 0.25) is 0 Å². The maximum atomic E-state index is 6.22. The summed E-state index contributed by atoms with van der Waals surface area (Å²) in [6.07, 6.45) is 3.68. The molecule has 5 nitrogen and oxygen atoms in total. The van der Waals surface area contributed by atoms with Crippen LogP contribution in [0.2, 0.25) is 10.0 Å². The van der Waals surface area contributed by atoms with Gasteiger partial charge in [-0.05, 0) is 55.4 Å². The van der Waals surface area contributed by atoms with Crippen molar-refractivity contribution in [1.29, 1.82) is 0 Å². The third-order valence-electron chi connectivity index (χ3n) is 4.93. The van der Waals surface area contributed by atoms with Crippen LogP contribution in [0.1, 0.15) is 12.8 Å². The number of hydrogen-bond donors (Lipinski definition) is 2. The van der Waals surface area contributed by atoms with E-state index in [-0.39, 0.29) is 6.04 Å². The van der Waals surface area contributed by atoms with Gasteiger partial charge in [-0.25, -0.2) is 0 Å². The molecule has 0 bridgehead atoms. The van der Waals surface area contributed by atoms with E-state index in [1.165, 1.54) is 0 Å². The first-order chi connectivity index (χ1) is 14.0. The summed E-state index contributed by atoms with van der Waals surface area (Å²) in [6.45, 7) is 1.75. The highest BCUT2D eigenvalue weighted by molar-refractivity contribution is 9.10. The van der Waals surface area contributed by atoms with Crippen LogP contribution in [0.15, 0.2) is 47.1 Å². The molecule has 4 rings (SSSR count). The molecule has 2 heterocycles. The Balaban J connectivity index is 1.37. The standard InChI is InChI=1S/C20H18BrCl2N5S/c21-13-4-5-15-12(10-13)11-24-27-19(15)28-8-6-14(7-9-28)25-20(29)26-17-3-1-2-16(22)18(17)23/h1-5,10-11,14H,6-9H2,(H2,25,26,29). The normalized spacial score (nSPS) is 14.8. The summed E-state index contributed by atoms with van der Waals surface area (Å²) >= 11 is 21.2. The molecular formula is C20H18BrCl2N5S. The van der Waals surface area contributed by atoms with E-state index in [4.69, 9.17) is 35.4 Å². The van der Waals surface area contributed by atoms with Gasteiger partial charge in [0.05, 0.1) is 21.9 Å². The molecular weight excluding hydrogens is 493 g/mol. The quantitative estimate of drug-likeness (QED) is 0.444. The Kier molecular flexibility index (Phi) is 6.39. The Morgan fingerprint density at radius 2 is 1.97 bits per heavy atom. The van der Waals surface area contributed by atoms with Crippen molar-refractivity contribution >= 4 is 78.7 Å². The van der Waals surface area contributed by atoms with E-state index >= 15 is 0 Å². The van der Waals surface area contributed by atoms with Crippen molar-refractivity contribution in [3.63, 3.8) is 0 Å². The van der Waals surface area contributed by atoms with Crippen LogP contribution in [-0.2, 0) is 0 Å². The molecule has 0 amide bonds. The Hall–Kier alpha value is -1.67. The van der Waals surface area contributed by atoms with Crippen LogP contribution < -0.4 is 15.5 Å². The third kappa shape index (κ3) is 4.74. The van der Waals surface area contributed by atoms with Gasteiger partial charge in [-0.3, -0.25) is 0 Å². The Bertz CT molecular complexity index is 1060. The fraction of sp³-hybridized carbons (Fsp3) is 0.250. The zero-order valence-corrected chi connectivity index (χ0v) is 19.2. The maximum Gasteiger partial charge on any atom is 0.171 e. The van der Waals surface area contributed by atoms with Gasteiger partial charge < -0.3 is 15.5 Å². The van der Waals surface area contributed by atoms with Gasteiger partial charge in [0, 0.05) is 34.4 Å². The topological polar surface area (TPSA) is 53.1 Å². The molecule has 0 saturated carbocycles. The summed E-state index contributed by atoms with van der Waals surface area (Å²) in [5.74, 6) is 0.930. The smallest absolute Gasteiger partial charge is 0.171 e. The van der Waals surface area contributed by atoms with Crippen molar-refractivity contribution in [2.45, 2.75) is 18.9 Å². The van der Waals surface area contributed by atoms with Crippen molar-refractivity contribution in [2.75, 3.05) is 23.3 Å². The van der Waals surface area contributed by atoms with E-state index in [0.717, 1.165) is 47.0 Å². The molecule has 0 unspecified atom stereocenters. The molecule has 1 aliphatic heterocycles. The molecule has 0 atom stereocenters. The molecule has 1 fully saturated rings. The predicted molar refractivity (Wildman–Crippen MR) is 128 cm³/mol. The molecule has 0 radical (unpaired) electrons. The second-order valence-electron chi connectivity index (χ2n) is 6.86. The minimum atomic E-state index is 0.279. The second kappa shape index (κ2) is 9.00. The van der Waals surface area contributed by atoms with Gasteiger partial charge in [0.1, 0.15) is 0 Å². The van der Waals surface area contributed by atoms with E-state index < -0.39 is 0 Å². The Morgan fingerprint density at radius 3 is 2.76 bits per heavy atom. The lowest BCUT2D eigenvalue weighted by Gasteiger charge is -2.34. The molecule has 9 heteroatoms. The number of hydrogen-bond acceptors (Lipinski definition) is 4. The number of nitrogens with one attached hydrogen (secondary N) is 2. The van der Waals surface area contributed by atoms with Crippen molar-refractivity contribution in [3.05, 3.63) is 57.1 Å². The average Bonchev–Trinajstić information content (AvgIpc) is 2.71. The summed E-state index contributed by atoms with van der Waals surface area (Å²) in [6, 6.07) is 11.9. The van der Waals surface area contributed by atoms with Gasteiger partial charge in [-0.1, -0.05) is 45.2 Å². The van der Waals surface area contributed by atoms with E-state index in [1.54, 1.807) is 12.3 Å². The van der Waals surface area contributed by atoms with Crippen LogP contribution >= 0.6 is 51.3 Å². The number of benzene rings is 2. The number of rotatable bonds is 3. The molecule has 2 N–H and O–H groups in total. The highest BCUT2D eigenvalue weighted by Crippen LogP contribution is 2.30. The molecule has 1 aromatic heterocycles. The van der Waals surface area contributed by atoms with Gasteiger partial charge >= 0.3 is 0 Å². The molecule has 0 aliphatic carbocycles. The zero-order chi connectivity index (χ0) is 20.4. The number of aromatic nitrogens is 2. The first kappa shape index (κ1) is 20.6. The van der Waals surface area contributed by atoms with Crippen molar-refractivity contribution in [2.24, 2.45) is 0 Å². The highest BCUT2D eigenvalue weighted by Gasteiger charge is 2.22. The Labute approximate surface area is 192 Å². The monoisotopic (exact) mass is 509 g/mol.